The maximum Gasteiger partial charge on any atom is 0.0780 e. The SMILES string of the molecule is C[N+](C)(C)CCCCCCCCCCCCCCCCCNC[Si]. The number of hydrogen-bond acceptors (Lipinski definition) is 1. The van der Waals surface area contributed by atoms with E-state index in [2.05, 4.69) is 36.7 Å². The van der Waals surface area contributed by atoms with Gasteiger partial charge in [-0.15, -0.1) is 0 Å². The second kappa shape index (κ2) is 17.9. The van der Waals surface area contributed by atoms with E-state index in [0.717, 1.165) is 10.7 Å². The quantitative estimate of drug-likeness (QED) is 0.189. The molecule has 0 aromatic rings. The first-order valence-electron chi connectivity index (χ1n) is 10.7. The van der Waals surface area contributed by atoms with Crippen molar-refractivity contribution < 1.29 is 4.48 Å². The molecular weight excluding hydrogens is 308 g/mol. The average molecular weight is 355 g/mol. The van der Waals surface area contributed by atoms with Gasteiger partial charge in [0.05, 0.1) is 27.7 Å². The molecule has 0 rings (SSSR count). The highest BCUT2D eigenvalue weighted by Crippen LogP contribution is 2.13. The van der Waals surface area contributed by atoms with Crippen LogP contribution in [0.1, 0.15) is 96.3 Å². The van der Waals surface area contributed by atoms with E-state index >= 15 is 0 Å². The van der Waals surface area contributed by atoms with E-state index < -0.39 is 0 Å². The predicted octanol–water partition coefficient (Wildman–Crippen LogP) is 5.26. The Balaban J connectivity index is 3.00. The second-order valence-electron chi connectivity index (χ2n) is 8.49. The molecule has 24 heavy (non-hydrogen) atoms. The molecule has 0 aromatic heterocycles. The van der Waals surface area contributed by atoms with Crippen LogP contribution in [0.25, 0.3) is 0 Å². The van der Waals surface area contributed by atoms with Crippen molar-refractivity contribution in [2.45, 2.75) is 96.3 Å². The molecule has 0 spiro atoms. The highest BCUT2D eigenvalue weighted by molar-refractivity contribution is 6.08. The fraction of sp³-hybridized carbons (Fsp3) is 1.00. The molecule has 3 radical (unpaired) electrons. The van der Waals surface area contributed by atoms with Crippen LogP contribution in [-0.4, -0.2) is 55.1 Å². The molecule has 1 N–H and O–H groups in total. The number of rotatable bonds is 19. The first-order chi connectivity index (χ1) is 11.6. The van der Waals surface area contributed by atoms with E-state index in [0.29, 0.717) is 0 Å². The Morgan fingerprint density at radius 2 is 0.875 bits per heavy atom. The Morgan fingerprint density at radius 1 is 0.542 bits per heavy atom. The molecule has 0 saturated heterocycles. The third-order valence-electron chi connectivity index (χ3n) is 4.81. The summed E-state index contributed by atoms with van der Waals surface area (Å²) in [7, 11) is 10.3. The lowest BCUT2D eigenvalue weighted by Crippen LogP contribution is -2.35. The standard InChI is InChI=1S/C21H46N2Si/c1-23(2,3)20-18-16-14-12-10-8-6-4-5-7-9-11-13-15-17-19-22-21-24/h22H,4-21H2,1-3H3/q+1. The first kappa shape index (κ1) is 24.1. The van der Waals surface area contributed by atoms with Crippen molar-refractivity contribution in [1.29, 1.82) is 0 Å². The third-order valence-corrected chi connectivity index (χ3v) is 5.06. The molecule has 3 heteroatoms. The summed E-state index contributed by atoms with van der Waals surface area (Å²) in [6.07, 6.45) is 22.5. The maximum absolute atomic E-state index is 3.44. The number of quaternary nitrogens is 1. The number of nitrogens with one attached hydrogen (secondary N) is 1. The van der Waals surface area contributed by atoms with Gasteiger partial charge in [0.1, 0.15) is 0 Å². The number of hydrogen-bond donors (Lipinski definition) is 1. The molecule has 0 heterocycles. The summed E-state index contributed by atoms with van der Waals surface area (Å²) in [6, 6.07) is 0. The summed E-state index contributed by atoms with van der Waals surface area (Å²) >= 11 is 0. The monoisotopic (exact) mass is 354 g/mol. The Bertz CT molecular complexity index is 238. The van der Waals surface area contributed by atoms with Gasteiger partial charge in [0.25, 0.3) is 0 Å². The van der Waals surface area contributed by atoms with Gasteiger partial charge in [-0.1, -0.05) is 77.0 Å². The molecule has 143 valence electrons. The van der Waals surface area contributed by atoms with E-state index in [4.69, 9.17) is 0 Å². The number of unbranched alkanes of at least 4 members (excludes halogenated alkanes) is 14. The fourth-order valence-electron chi connectivity index (χ4n) is 3.22. The van der Waals surface area contributed by atoms with Crippen LogP contribution in [0.2, 0.25) is 0 Å². The highest BCUT2D eigenvalue weighted by Gasteiger charge is 2.04. The van der Waals surface area contributed by atoms with Crippen LogP contribution >= 0.6 is 0 Å². The molecule has 0 amide bonds. The molecule has 0 unspecified atom stereocenters. The lowest BCUT2D eigenvalue weighted by atomic mass is 10.0. The van der Waals surface area contributed by atoms with Crippen molar-refractivity contribution >= 4 is 10.2 Å². The van der Waals surface area contributed by atoms with Crippen molar-refractivity contribution in [3.05, 3.63) is 0 Å². The summed E-state index contributed by atoms with van der Waals surface area (Å²) < 4.78 is 1.12. The van der Waals surface area contributed by atoms with Gasteiger partial charge in [-0.25, -0.2) is 0 Å². The summed E-state index contributed by atoms with van der Waals surface area (Å²) in [5.41, 5.74) is 0. The van der Waals surface area contributed by atoms with Crippen molar-refractivity contribution in [1.82, 2.24) is 5.32 Å². The highest BCUT2D eigenvalue weighted by atomic mass is 28.1. The Morgan fingerprint density at radius 3 is 1.21 bits per heavy atom. The Labute approximate surface area is 157 Å². The molecule has 0 bridgehead atoms. The van der Waals surface area contributed by atoms with Gasteiger partial charge in [0, 0.05) is 10.2 Å². The van der Waals surface area contributed by atoms with Gasteiger partial charge in [-0.3, -0.25) is 0 Å². The topological polar surface area (TPSA) is 12.0 Å². The predicted molar refractivity (Wildman–Crippen MR) is 111 cm³/mol. The Kier molecular flexibility index (Phi) is 18.0. The maximum atomic E-state index is 3.44. The zero-order valence-electron chi connectivity index (χ0n) is 17.2. The second-order valence-corrected chi connectivity index (χ2v) is 8.85. The Hall–Kier alpha value is 0.137. The van der Waals surface area contributed by atoms with Crippen molar-refractivity contribution in [3.8, 4) is 0 Å². The summed E-state index contributed by atoms with van der Waals surface area (Å²) in [6.45, 7) is 2.49. The van der Waals surface area contributed by atoms with E-state index in [9.17, 15) is 0 Å². The van der Waals surface area contributed by atoms with Crippen LogP contribution in [0.3, 0.4) is 0 Å². The summed E-state index contributed by atoms with van der Waals surface area (Å²) in [5.74, 6) is 0. The van der Waals surface area contributed by atoms with Crippen LogP contribution in [0.5, 0.6) is 0 Å². The smallest absolute Gasteiger partial charge is 0.0780 e. The lowest BCUT2D eigenvalue weighted by Gasteiger charge is -2.23. The van der Waals surface area contributed by atoms with Gasteiger partial charge >= 0.3 is 0 Å². The third kappa shape index (κ3) is 22.1. The number of nitrogens with zero attached hydrogens (tertiary/aromatic N) is 1. The minimum atomic E-state index is 0.927. The van der Waals surface area contributed by atoms with Crippen LogP contribution in [0, 0.1) is 0 Å². The molecule has 0 fully saturated rings. The van der Waals surface area contributed by atoms with Crippen molar-refractivity contribution in [2.75, 3.05) is 40.4 Å². The molecule has 2 nitrogen and oxygen atoms in total. The summed E-state index contributed by atoms with van der Waals surface area (Å²) in [5, 5.41) is 3.32. The van der Waals surface area contributed by atoms with Crippen LogP contribution in [0.15, 0.2) is 0 Å². The fourth-order valence-corrected chi connectivity index (χ4v) is 3.40. The zero-order chi connectivity index (χ0) is 17.9. The van der Waals surface area contributed by atoms with Gasteiger partial charge < -0.3 is 9.80 Å². The molecule has 0 aromatic carbocycles. The molecule has 0 aliphatic carbocycles. The zero-order valence-corrected chi connectivity index (χ0v) is 18.2. The molecule has 0 saturated carbocycles. The van der Waals surface area contributed by atoms with Crippen LogP contribution in [0.4, 0.5) is 0 Å². The minimum absolute atomic E-state index is 0.927. The minimum Gasteiger partial charge on any atom is -0.331 e. The molecule has 0 atom stereocenters. The molecule has 0 aliphatic heterocycles. The lowest BCUT2D eigenvalue weighted by molar-refractivity contribution is -0.870. The largest absolute Gasteiger partial charge is 0.331 e. The normalized spacial score (nSPS) is 12.0. The average Bonchev–Trinajstić information content (AvgIpc) is 2.52. The van der Waals surface area contributed by atoms with E-state index in [-0.39, 0.29) is 0 Å². The van der Waals surface area contributed by atoms with E-state index in [1.54, 1.807) is 0 Å². The summed E-state index contributed by atoms with van der Waals surface area (Å²) in [4.78, 5) is 0. The van der Waals surface area contributed by atoms with Gasteiger partial charge in [-0.05, 0) is 32.0 Å². The van der Waals surface area contributed by atoms with Gasteiger partial charge in [0.15, 0.2) is 0 Å². The van der Waals surface area contributed by atoms with Crippen molar-refractivity contribution in [3.63, 3.8) is 0 Å². The van der Waals surface area contributed by atoms with Crippen LogP contribution in [-0.2, 0) is 0 Å². The van der Waals surface area contributed by atoms with E-state index in [1.807, 2.05) is 0 Å². The molecule has 0 aliphatic rings. The van der Waals surface area contributed by atoms with Gasteiger partial charge in [0.2, 0.25) is 0 Å². The molecular formula is C21H46N2Si+. The van der Waals surface area contributed by atoms with Crippen molar-refractivity contribution in [2.24, 2.45) is 0 Å². The van der Waals surface area contributed by atoms with Crippen LogP contribution < -0.4 is 5.32 Å². The van der Waals surface area contributed by atoms with Gasteiger partial charge in [-0.2, -0.15) is 0 Å². The first-order valence-corrected chi connectivity index (χ1v) is 11.4. The van der Waals surface area contributed by atoms with E-state index in [1.165, 1.54) is 109 Å².